The molecule has 3 aliphatic carbocycles. The van der Waals surface area contributed by atoms with Gasteiger partial charge in [-0.15, -0.1) is 0 Å². The first kappa shape index (κ1) is 22.2. The predicted molar refractivity (Wildman–Crippen MR) is 127 cm³/mol. The van der Waals surface area contributed by atoms with Crippen LogP contribution in [-0.2, 0) is 9.47 Å². The molecule has 0 aromatic heterocycles. The average Bonchev–Trinajstić information content (AvgIpc) is 3.29. The fourth-order valence-corrected chi connectivity index (χ4v) is 7.04. The Morgan fingerprint density at radius 1 is 0.606 bits per heavy atom. The Labute approximate surface area is 196 Å². The number of hydrogen-bond acceptors (Lipinski definition) is 4. The van der Waals surface area contributed by atoms with Crippen LogP contribution >= 0.6 is 0 Å². The van der Waals surface area contributed by atoms with Crippen molar-refractivity contribution in [3.63, 3.8) is 0 Å². The maximum Gasteiger partial charge on any atom is 0.338 e. The lowest BCUT2D eigenvalue weighted by atomic mass is 9.69. The van der Waals surface area contributed by atoms with Crippen LogP contribution in [0.5, 0.6) is 0 Å². The molecule has 4 heteroatoms. The molecule has 0 saturated heterocycles. The highest BCUT2D eigenvalue weighted by atomic mass is 16.6. The minimum atomic E-state index is -0.363. The molecule has 0 radical (unpaired) electrons. The van der Waals surface area contributed by atoms with Gasteiger partial charge in [-0.05, 0) is 83.1 Å². The van der Waals surface area contributed by atoms with Crippen LogP contribution in [0.15, 0.2) is 36.4 Å². The van der Waals surface area contributed by atoms with Crippen molar-refractivity contribution in [3.8, 4) is 0 Å². The largest absolute Gasteiger partial charge is 0.455 e. The molecule has 4 nitrogen and oxygen atoms in total. The Morgan fingerprint density at radius 2 is 0.970 bits per heavy atom. The summed E-state index contributed by atoms with van der Waals surface area (Å²) in [5, 5.41) is 0. The van der Waals surface area contributed by atoms with Gasteiger partial charge in [-0.3, -0.25) is 0 Å². The Bertz CT molecular complexity index is 961. The van der Waals surface area contributed by atoms with Crippen LogP contribution in [0.4, 0.5) is 0 Å². The SMILES string of the molecule is Cc1cc(C)cc(C(=O)OC2C3CC(C4CCCCC43)C2OC(=O)c2cc(C)cc(C)c2)c1. The lowest BCUT2D eigenvalue weighted by Crippen LogP contribution is -2.47. The average molecular weight is 447 g/mol. The second kappa shape index (κ2) is 8.62. The molecule has 33 heavy (non-hydrogen) atoms. The number of esters is 2. The van der Waals surface area contributed by atoms with E-state index in [-0.39, 0.29) is 36.0 Å². The molecule has 6 atom stereocenters. The first-order valence-corrected chi connectivity index (χ1v) is 12.4. The lowest BCUT2D eigenvalue weighted by Gasteiger charge is -2.42. The highest BCUT2D eigenvalue weighted by molar-refractivity contribution is 5.91. The molecule has 5 rings (SSSR count). The number of rotatable bonds is 4. The standard InChI is InChI=1S/C29H34O4/c1-16-9-17(2)12-20(11-16)28(30)32-26-24-15-25(23-8-6-5-7-22(23)24)27(26)33-29(31)21-13-18(3)10-19(4)14-21/h9-14,22-27H,5-8,15H2,1-4H3. The van der Waals surface area contributed by atoms with Crippen LogP contribution in [0.2, 0.25) is 0 Å². The third kappa shape index (κ3) is 4.20. The minimum Gasteiger partial charge on any atom is -0.455 e. The quantitative estimate of drug-likeness (QED) is 0.530. The zero-order valence-electron chi connectivity index (χ0n) is 20.1. The zero-order chi connectivity index (χ0) is 23.3. The summed E-state index contributed by atoms with van der Waals surface area (Å²) in [5.74, 6) is 1.12. The van der Waals surface area contributed by atoms with Gasteiger partial charge in [0.25, 0.3) is 0 Å². The highest BCUT2D eigenvalue weighted by Gasteiger charge is 2.61. The number of carbonyl (C=O) groups excluding carboxylic acids is 2. The van der Waals surface area contributed by atoms with E-state index in [0.29, 0.717) is 23.0 Å². The van der Waals surface area contributed by atoms with E-state index in [9.17, 15) is 9.59 Å². The Morgan fingerprint density at radius 3 is 1.33 bits per heavy atom. The maximum atomic E-state index is 13.2. The first-order valence-electron chi connectivity index (χ1n) is 12.4. The van der Waals surface area contributed by atoms with Crippen LogP contribution in [0.1, 0.15) is 75.1 Å². The van der Waals surface area contributed by atoms with Gasteiger partial charge in [-0.2, -0.15) is 0 Å². The van der Waals surface area contributed by atoms with Crippen LogP contribution in [0, 0.1) is 51.4 Å². The van der Waals surface area contributed by atoms with Crippen LogP contribution in [0.25, 0.3) is 0 Å². The Hall–Kier alpha value is -2.62. The zero-order valence-corrected chi connectivity index (χ0v) is 20.1. The summed E-state index contributed by atoms with van der Waals surface area (Å²) in [6.45, 7) is 7.95. The van der Waals surface area contributed by atoms with E-state index in [1.165, 1.54) is 25.7 Å². The van der Waals surface area contributed by atoms with Crippen LogP contribution < -0.4 is 0 Å². The first-order chi connectivity index (χ1) is 15.8. The molecule has 0 spiro atoms. The summed E-state index contributed by atoms with van der Waals surface area (Å²) in [4.78, 5) is 26.3. The lowest BCUT2D eigenvalue weighted by molar-refractivity contribution is -0.0872. The molecule has 0 amide bonds. The van der Waals surface area contributed by atoms with E-state index in [1.807, 2.05) is 52.0 Å². The van der Waals surface area contributed by atoms with Gasteiger partial charge in [0.2, 0.25) is 0 Å². The minimum absolute atomic E-state index is 0.284. The molecule has 2 bridgehead atoms. The maximum absolute atomic E-state index is 13.2. The van der Waals surface area contributed by atoms with Crippen LogP contribution in [-0.4, -0.2) is 24.1 Å². The monoisotopic (exact) mass is 446 g/mol. The topological polar surface area (TPSA) is 52.6 Å². The normalized spacial score (nSPS) is 30.1. The van der Waals surface area contributed by atoms with Crippen molar-refractivity contribution >= 4 is 11.9 Å². The molecule has 3 aliphatic rings. The highest BCUT2D eigenvalue weighted by Crippen LogP contribution is 2.59. The van der Waals surface area contributed by atoms with Gasteiger partial charge in [-0.1, -0.05) is 47.2 Å². The molecule has 0 N–H and O–H groups in total. The summed E-state index contributed by atoms with van der Waals surface area (Å²) in [5.41, 5.74) is 5.32. The second-order valence-corrected chi connectivity index (χ2v) is 10.7. The van der Waals surface area contributed by atoms with Crippen molar-refractivity contribution in [3.05, 3.63) is 69.8 Å². The van der Waals surface area contributed by atoms with Gasteiger partial charge in [0.15, 0.2) is 0 Å². The summed E-state index contributed by atoms with van der Waals surface area (Å²) in [6, 6.07) is 11.6. The van der Waals surface area contributed by atoms with Crippen molar-refractivity contribution in [2.24, 2.45) is 23.7 Å². The molecular weight excluding hydrogens is 412 g/mol. The molecule has 3 saturated carbocycles. The summed E-state index contributed by atoms with van der Waals surface area (Å²) >= 11 is 0. The summed E-state index contributed by atoms with van der Waals surface area (Å²) in [7, 11) is 0. The molecule has 2 aromatic rings. The molecule has 174 valence electrons. The fraction of sp³-hybridized carbons (Fsp3) is 0.517. The molecule has 0 heterocycles. The third-order valence-corrected chi connectivity index (χ3v) is 8.09. The number of ether oxygens (including phenoxy) is 2. The van der Waals surface area contributed by atoms with E-state index in [1.54, 1.807) is 0 Å². The van der Waals surface area contributed by atoms with E-state index < -0.39 is 0 Å². The molecule has 6 unspecified atom stereocenters. The van der Waals surface area contributed by atoms with Crippen molar-refractivity contribution in [1.82, 2.24) is 0 Å². The van der Waals surface area contributed by atoms with Crippen molar-refractivity contribution in [2.75, 3.05) is 0 Å². The van der Waals surface area contributed by atoms with E-state index in [4.69, 9.17) is 9.47 Å². The fourth-order valence-electron chi connectivity index (χ4n) is 7.04. The van der Waals surface area contributed by atoms with Crippen LogP contribution in [0.3, 0.4) is 0 Å². The van der Waals surface area contributed by atoms with Gasteiger partial charge >= 0.3 is 11.9 Å². The van der Waals surface area contributed by atoms with Crippen molar-refractivity contribution in [1.29, 1.82) is 0 Å². The Balaban J connectivity index is 1.41. The number of carbonyl (C=O) groups is 2. The van der Waals surface area contributed by atoms with E-state index in [2.05, 4.69) is 12.1 Å². The van der Waals surface area contributed by atoms with Gasteiger partial charge in [0.1, 0.15) is 12.2 Å². The molecule has 2 aromatic carbocycles. The number of aryl methyl sites for hydroxylation is 4. The van der Waals surface area contributed by atoms with Gasteiger partial charge in [0.05, 0.1) is 11.1 Å². The number of benzene rings is 2. The predicted octanol–water partition coefficient (Wildman–Crippen LogP) is 6.13. The molecule has 3 fully saturated rings. The smallest absolute Gasteiger partial charge is 0.338 e. The van der Waals surface area contributed by atoms with Crippen molar-refractivity contribution < 1.29 is 19.1 Å². The molecular formula is C29H34O4. The van der Waals surface area contributed by atoms with Gasteiger partial charge < -0.3 is 9.47 Å². The Kier molecular flexibility index (Phi) is 5.80. The van der Waals surface area contributed by atoms with Gasteiger partial charge in [-0.25, -0.2) is 9.59 Å². The van der Waals surface area contributed by atoms with Gasteiger partial charge in [0, 0.05) is 11.8 Å². The number of fused-ring (bicyclic) bond motifs is 5. The summed E-state index contributed by atoms with van der Waals surface area (Å²) in [6.07, 6.45) is 5.15. The van der Waals surface area contributed by atoms with E-state index >= 15 is 0 Å². The van der Waals surface area contributed by atoms with E-state index in [0.717, 1.165) is 28.7 Å². The third-order valence-electron chi connectivity index (χ3n) is 8.09. The summed E-state index contributed by atoms with van der Waals surface area (Å²) < 4.78 is 12.3. The molecule has 0 aliphatic heterocycles. The second-order valence-electron chi connectivity index (χ2n) is 10.7. The number of hydrogen-bond donors (Lipinski definition) is 0. The van der Waals surface area contributed by atoms with Crippen molar-refractivity contribution in [2.45, 2.75) is 72.0 Å².